The Labute approximate surface area is 166 Å². The lowest BCUT2D eigenvalue weighted by Gasteiger charge is -2.25. The van der Waals surface area contributed by atoms with E-state index in [1.54, 1.807) is 4.90 Å². The Morgan fingerprint density at radius 2 is 1.72 bits per heavy atom. The van der Waals surface area contributed by atoms with E-state index in [1.165, 1.54) is 11.0 Å². The van der Waals surface area contributed by atoms with E-state index in [4.69, 9.17) is 0 Å². The van der Waals surface area contributed by atoms with Crippen LogP contribution < -0.4 is 9.80 Å². The molecule has 29 heavy (non-hydrogen) atoms. The molecule has 0 spiro atoms. The van der Waals surface area contributed by atoms with E-state index in [-0.39, 0.29) is 17.2 Å². The van der Waals surface area contributed by atoms with E-state index in [0.717, 1.165) is 42.6 Å². The zero-order valence-electron chi connectivity index (χ0n) is 15.8. The number of halogens is 3. The molecule has 4 rings (SSSR count). The predicted molar refractivity (Wildman–Crippen MR) is 104 cm³/mol. The van der Waals surface area contributed by atoms with Crippen molar-refractivity contribution in [2.45, 2.75) is 38.3 Å². The van der Waals surface area contributed by atoms with E-state index in [1.807, 2.05) is 24.3 Å². The zero-order chi connectivity index (χ0) is 20.6. The van der Waals surface area contributed by atoms with Gasteiger partial charge in [0.2, 0.25) is 5.91 Å². The molecule has 0 aliphatic carbocycles. The first-order valence-electron chi connectivity index (χ1n) is 9.77. The molecule has 0 unspecified atom stereocenters. The van der Waals surface area contributed by atoms with Crippen LogP contribution in [0.15, 0.2) is 42.5 Å². The maximum Gasteiger partial charge on any atom is 0.416 e. The van der Waals surface area contributed by atoms with Crippen molar-refractivity contribution in [2.24, 2.45) is 0 Å². The standard InChI is InChI=1S/C22H21F3N2O2/c23-22(24,25)17-12-16(13-18(14-17)26-11-5-9-20(26)28)21(29)27-10-4-3-7-15-6-1-2-8-19(15)27/h1-2,6,8,12-14H,3-5,7,9-11H2. The molecule has 1 fully saturated rings. The van der Waals surface area contributed by atoms with Crippen molar-refractivity contribution in [3.8, 4) is 0 Å². The molecule has 0 radical (unpaired) electrons. The number of nitrogens with zero attached hydrogens (tertiary/aromatic N) is 2. The summed E-state index contributed by atoms with van der Waals surface area (Å²) in [4.78, 5) is 28.3. The van der Waals surface area contributed by atoms with Crippen molar-refractivity contribution in [1.29, 1.82) is 0 Å². The minimum atomic E-state index is -4.61. The largest absolute Gasteiger partial charge is 0.416 e. The minimum absolute atomic E-state index is 0.0498. The van der Waals surface area contributed by atoms with E-state index >= 15 is 0 Å². The third-order valence-electron chi connectivity index (χ3n) is 5.48. The molecule has 0 N–H and O–H groups in total. The summed E-state index contributed by atoms with van der Waals surface area (Å²) in [5.74, 6) is -0.693. The van der Waals surface area contributed by atoms with E-state index < -0.39 is 17.6 Å². The van der Waals surface area contributed by atoms with Gasteiger partial charge in [0, 0.05) is 36.4 Å². The molecule has 152 valence electrons. The highest BCUT2D eigenvalue weighted by Gasteiger charge is 2.34. The molecule has 0 aromatic heterocycles. The number of fused-ring (bicyclic) bond motifs is 1. The predicted octanol–water partition coefficient (Wildman–Crippen LogP) is 4.82. The summed E-state index contributed by atoms with van der Waals surface area (Å²) in [6.07, 6.45) is -1.19. The molecule has 2 aromatic carbocycles. The SMILES string of the molecule is O=C1CCCN1c1cc(C(=O)N2CCCCc3ccccc32)cc(C(F)(F)F)c1. The van der Waals surface area contributed by atoms with Gasteiger partial charge >= 0.3 is 6.18 Å². The van der Waals surface area contributed by atoms with Crippen molar-refractivity contribution >= 4 is 23.2 Å². The van der Waals surface area contributed by atoms with Crippen LogP contribution in [0.1, 0.15) is 47.2 Å². The average Bonchev–Trinajstić information content (AvgIpc) is 3.01. The van der Waals surface area contributed by atoms with Crippen molar-refractivity contribution in [3.63, 3.8) is 0 Å². The van der Waals surface area contributed by atoms with Crippen molar-refractivity contribution in [1.82, 2.24) is 0 Å². The number of hydrogen-bond donors (Lipinski definition) is 0. The van der Waals surface area contributed by atoms with Crippen molar-refractivity contribution < 1.29 is 22.8 Å². The van der Waals surface area contributed by atoms with E-state index in [0.29, 0.717) is 25.9 Å². The minimum Gasteiger partial charge on any atom is -0.312 e. The summed E-state index contributed by atoms with van der Waals surface area (Å²) < 4.78 is 40.5. The summed E-state index contributed by atoms with van der Waals surface area (Å²) in [5.41, 5.74) is 0.924. The Morgan fingerprint density at radius 3 is 2.45 bits per heavy atom. The maximum atomic E-state index is 13.5. The molecule has 0 bridgehead atoms. The highest BCUT2D eigenvalue weighted by atomic mass is 19.4. The second-order valence-electron chi connectivity index (χ2n) is 7.46. The van der Waals surface area contributed by atoms with Gasteiger partial charge in [0.25, 0.3) is 5.91 Å². The fourth-order valence-electron chi connectivity index (χ4n) is 4.03. The summed E-state index contributed by atoms with van der Waals surface area (Å²) in [5, 5.41) is 0. The zero-order valence-corrected chi connectivity index (χ0v) is 15.8. The van der Waals surface area contributed by atoms with Crippen molar-refractivity contribution in [2.75, 3.05) is 22.9 Å². The molecule has 2 amide bonds. The van der Waals surface area contributed by atoms with Crippen LogP contribution >= 0.6 is 0 Å². The molecular weight excluding hydrogens is 381 g/mol. The summed E-state index contributed by atoms with van der Waals surface area (Å²) in [7, 11) is 0. The number of hydrogen-bond acceptors (Lipinski definition) is 2. The first-order chi connectivity index (χ1) is 13.8. The number of para-hydroxylation sites is 1. The Hall–Kier alpha value is -2.83. The van der Waals surface area contributed by atoms with Gasteiger partial charge < -0.3 is 9.80 Å². The number of rotatable bonds is 2. The summed E-state index contributed by atoms with van der Waals surface area (Å²) >= 11 is 0. The topological polar surface area (TPSA) is 40.6 Å². The van der Waals surface area contributed by atoms with Crippen LogP contribution in [0, 0.1) is 0 Å². The fourth-order valence-corrected chi connectivity index (χ4v) is 4.03. The molecule has 2 aromatic rings. The molecule has 2 aliphatic heterocycles. The van der Waals surface area contributed by atoms with E-state index in [9.17, 15) is 22.8 Å². The second-order valence-corrected chi connectivity index (χ2v) is 7.46. The highest BCUT2D eigenvalue weighted by Crippen LogP contribution is 2.35. The molecule has 4 nitrogen and oxygen atoms in total. The van der Waals surface area contributed by atoms with Gasteiger partial charge in [-0.25, -0.2) is 0 Å². The maximum absolute atomic E-state index is 13.5. The van der Waals surface area contributed by atoms with Crippen LogP contribution in [0.25, 0.3) is 0 Å². The van der Waals surface area contributed by atoms with Gasteiger partial charge in [-0.1, -0.05) is 18.2 Å². The lowest BCUT2D eigenvalue weighted by atomic mass is 10.1. The normalized spacial score (nSPS) is 17.3. The number of anilines is 2. The number of alkyl halides is 3. The number of aryl methyl sites for hydroxylation is 1. The number of benzene rings is 2. The first-order valence-corrected chi connectivity index (χ1v) is 9.77. The molecule has 2 heterocycles. The third kappa shape index (κ3) is 3.86. The third-order valence-corrected chi connectivity index (χ3v) is 5.48. The van der Waals surface area contributed by atoms with Crippen LogP contribution in [-0.2, 0) is 17.4 Å². The van der Waals surface area contributed by atoms with Gasteiger partial charge in [-0.2, -0.15) is 13.2 Å². The first kappa shape index (κ1) is 19.5. The lowest BCUT2D eigenvalue weighted by Crippen LogP contribution is -2.32. The Kier molecular flexibility index (Phi) is 5.06. The summed E-state index contributed by atoms with van der Waals surface area (Å²) in [6.45, 7) is 0.810. The fraction of sp³-hybridized carbons (Fsp3) is 0.364. The average molecular weight is 402 g/mol. The van der Waals surface area contributed by atoms with E-state index in [2.05, 4.69) is 0 Å². The smallest absolute Gasteiger partial charge is 0.312 e. The van der Waals surface area contributed by atoms with Crippen LogP contribution in [0.4, 0.5) is 24.5 Å². The highest BCUT2D eigenvalue weighted by molar-refractivity contribution is 6.08. The van der Waals surface area contributed by atoms with Gasteiger partial charge in [-0.3, -0.25) is 9.59 Å². The monoisotopic (exact) mass is 402 g/mol. The number of carbonyl (C=O) groups excluding carboxylic acids is 2. The van der Waals surface area contributed by atoms with Crippen LogP contribution in [0.2, 0.25) is 0 Å². The Bertz CT molecular complexity index is 955. The lowest BCUT2D eigenvalue weighted by molar-refractivity contribution is -0.137. The quantitative estimate of drug-likeness (QED) is 0.723. The van der Waals surface area contributed by atoms with Crippen LogP contribution in [0.3, 0.4) is 0 Å². The van der Waals surface area contributed by atoms with Gasteiger partial charge in [0.1, 0.15) is 0 Å². The molecule has 0 saturated carbocycles. The van der Waals surface area contributed by atoms with Gasteiger partial charge in [-0.05, 0) is 55.5 Å². The summed E-state index contributed by atoms with van der Waals surface area (Å²) in [6, 6.07) is 10.8. The van der Waals surface area contributed by atoms with Gasteiger partial charge in [0.15, 0.2) is 0 Å². The molecular formula is C22H21F3N2O2. The molecule has 1 saturated heterocycles. The number of carbonyl (C=O) groups is 2. The molecule has 2 aliphatic rings. The number of amides is 2. The Balaban J connectivity index is 1.77. The van der Waals surface area contributed by atoms with Gasteiger partial charge in [-0.15, -0.1) is 0 Å². The Morgan fingerprint density at radius 1 is 0.931 bits per heavy atom. The van der Waals surface area contributed by atoms with Crippen molar-refractivity contribution in [3.05, 3.63) is 59.2 Å². The molecule has 7 heteroatoms. The van der Waals surface area contributed by atoms with Crippen LogP contribution in [0.5, 0.6) is 0 Å². The van der Waals surface area contributed by atoms with Gasteiger partial charge in [0.05, 0.1) is 5.56 Å². The second kappa shape index (κ2) is 7.54. The molecule has 0 atom stereocenters. The van der Waals surface area contributed by atoms with Crippen LogP contribution in [-0.4, -0.2) is 24.9 Å².